The Hall–Kier alpha value is -3.19. The van der Waals surface area contributed by atoms with Crippen molar-refractivity contribution in [2.45, 2.75) is 6.92 Å². The molecule has 0 aliphatic carbocycles. The first-order chi connectivity index (χ1) is 13.1. The molecule has 4 aromatic rings. The third-order valence-electron chi connectivity index (χ3n) is 3.99. The van der Waals surface area contributed by atoms with Crippen LogP contribution in [0.15, 0.2) is 77.5 Å². The second-order valence-electron chi connectivity index (χ2n) is 6.03. The standard InChI is InChI=1S/C20H16BrN5O/c1-14-10-19(26(24-14)18-9-5-6-16(21)11-18)23-20(27)15-12-22-25(13-15)17-7-3-2-4-8-17/h2-13H,1H3,(H,23,27). The topological polar surface area (TPSA) is 64.7 Å². The van der Waals surface area contributed by atoms with Crippen LogP contribution in [0, 0.1) is 6.92 Å². The van der Waals surface area contributed by atoms with Crippen LogP contribution >= 0.6 is 15.9 Å². The Morgan fingerprint density at radius 3 is 2.59 bits per heavy atom. The van der Waals surface area contributed by atoms with Gasteiger partial charge in [-0.1, -0.05) is 40.2 Å². The van der Waals surface area contributed by atoms with Gasteiger partial charge in [-0.3, -0.25) is 4.79 Å². The first-order valence-corrected chi connectivity index (χ1v) is 9.13. The molecule has 0 unspecified atom stereocenters. The van der Waals surface area contributed by atoms with Crippen LogP contribution in [-0.4, -0.2) is 25.5 Å². The van der Waals surface area contributed by atoms with Gasteiger partial charge in [-0.05, 0) is 37.3 Å². The number of hydrogen-bond acceptors (Lipinski definition) is 3. The second kappa shape index (κ2) is 7.20. The van der Waals surface area contributed by atoms with E-state index in [1.165, 1.54) is 0 Å². The fraction of sp³-hybridized carbons (Fsp3) is 0.0500. The van der Waals surface area contributed by atoms with E-state index >= 15 is 0 Å². The summed E-state index contributed by atoms with van der Waals surface area (Å²) in [5, 5.41) is 11.7. The smallest absolute Gasteiger partial charge is 0.260 e. The Bertz CT molecular complexity index is 1100. The summed E-state index contributed by atoms with van der Waals surface area (Å²) in [5.41, 5.74) is 3.03. The number of carbonyl (C=O) groups excluding carboxylic acids is 1. The molecule has 27 heavy (non-hydrogen) atoms. The molecule has 0 saturated heterocycles. The minimum absolute atomic E-state index is 0.242. The van der Waals surface area contributed by atoms with Crippen LogP contribution in [0.5, 0.6) is 0 Å². The molecule has 0 fully saturated rings. The number of anilines is 1. The summed E-state index contributed by atoms with van der Waals surface area (Å²) in [6.07, 6.45) is 3.26. The van der Waals surface area contributed by atoms with Gasteiger partial charge in [0, 0.05) is 16.7 Å². The van der Waals surface area contributed by atoms with Gasteiger partial charge in [0.2, 0.25) is 0 Å². The van der Waals surface area contributed by atoms with E-state index in [2.05, 4.69) is 31.4 Å². The van der Waals surface area contributed by atoms with Crippen molar-refractivity contribution < 1.29 is 4.79 Å². The molecule has 1 N–H and O–H groups in total. The zero-order chi connectivity index (χ0) is 18.8. The Kier molecular flexibility index (Phi) is 4.60. The lowest BCUT2D eigenvalue weighted by atomic mass is 10.3. The van der Waals surface area contributed by atoms with Gasteiger partial charge >= 0.3 is 0 Å². The zero-order valence-corrected chi connectivity index (χ0v) is 16.1. The predicted molar refractivity (Wildman–Crippen MR) is 108 cm³/mol. The molecule has 134 valence electrons. The van der Waals surface area contributed by atoms with Crippen molar-refractivity contribution in [3.05, 3.63) is 88.8 Å². The fourth-order valence-electron chi connectivity index (χ4n) is 2.74. The number of carbonyl (C=O) groups is 1. The molecular weight excluding hydrogens is 406 g/mol. The normalized spacial score (nSPS) is 10.7. The van der Waals surface area contributed by atoms with Gasteiger partial charge in [0.05, 0.1) is 28.8 Å². The van der Waals surface area contributed by atoms with E-state index < -0.39 is 0 Å². The van der Waals surface area contributed by atoms with E-state index in [9.17, 15) is 4.79 Å². The van der Waals surface area contributed by atoms with Gasteiger partial charge in [-0.15, -0.1) is 0 Å². The van der Waals surface area contributed by atoms with Crippen molar-refractivity contribution >= 4 is 27.7 Å². The Morgan fingerprint density at radius 1 is 1.04 bits per heavy atom. The van der Waals surface area contributed by atoms with E-state index in [-0.39, 0.29) is 5.91 Å². The van der Waals surface area contributed by atoms with Gasteiger partial charge in [0.1, 0.15) is 5.82 Å². The number of nitrogens with one attached hydrogen (secondary N) is 1. The lowest BCUT2D eigenvalue weighted by Gasteiger charge is -2.08. The molecule has 0 saturated carbocycles. The summed E-state index contributed by atoms with van der Waals surface area (Å²) in [7, 11) is 0. The van der Waals surface area contributed by atoms with Crippen LogP contribution in [0.3, 0.4) is 0 Å². The number of halogens is 1. The summed E-state index contributed by atoms with van der Waals surface area (Å²) < 4.78 is 4.32. The Morgan fingerprint density at radius 2 is 1.81 bits per heavy atom. The molecule has 1 amide bonds. The molecule has 4 rings (SSSR count). The van der Waals surface area contributed by atoms with Gasteiger partial charge in [0.15, 0.2) is 0 Å². The van der Waals surface area contributed by atoms with E-state index in [1.807, 2.05) is 67.6 Å². The highest BCUT2D eigenvalue weighted by atomic mass is 79.9. The Balaban J connectivity index is 1.60. The van der Waals surface area contributed by atoms with Gasteiger partial charge in [-0.25, -0.2) is 9.36 Å². The quantitative estimate of drug-likeness (QED) is 0.531. The van der Waals surface area contributed by atoms with Crippen molar-refractivity contribution in [1.82, 2.24) is 19.6 Å². The lowest BCUT2D eigenvalue weighted by Crippen LogP contribution is -2.14. The highest BCUT2D eigenvalue weighted by molar-refractivity contribution is 9.10. The average Bonchev–Trinajstić information content (AvgIpc) is 3.29. The van der Waals surface area contributed by atoms with Crippen molar-refractivity contribution in [3.8, 4) is 11.4 Å². The van der Waals surface area contributed by atoms with E-state index in [0.717, 1.165) is 21.5 Å². The predicted octanol–water partition coefficient (Wildman–Crippen LogP) is 4.38. The summed E-state index contributed by atoms with van der Waals surface area (Å²) in [6.45, 7) is 1.89. The van der Waals surface area contributed by atoms with Crippen molar-refractivity contribution in [1.29, 1.82) is 0 Å². The van der Waals surface area contributed by atoms with Crippen LogP contribution in [0.1, 0.15) is 16.1 Å². The minimum atomic E-state index is -0.242. The van der Waals surface area contributed by atoms with Crippen LogP contribution in [0.2, 0.25) is 0 Å². The van der Waals surface area contributed by atoms with E-state index in [4.69, 9.17) is 0 Å². The number of hydrogen-bond donors (Lipinski definition) is 1. The summed E-state index contributed by atoms with van der Waals surface area (Å²) >= 11 is 3.46. The van der Waals surface area contributed by atoms with Gasteiger partial charge < -0.3 is 5.32 Å². The fourth-order valence-corrected chi connectivity index (χ4v) is 3.13. The molecule has 2 aromatic carbocycles. The first kappa shape index (κ1) is 17.2. The average molecular weight is 422 g/mol. The molecule has 0 atom stereocenters. The minimum Gasteiger partial charge on any atom is -0.306 e. The molecule has 6 nitrogen and oxygen atoms in total. The second-order valence-corrected chi connectivity index (χ2v) is 6.94. The zero-order valence-electron chi connectivity index (χ0n) is 14.5. The lowest BCUT2D eigenvalue weighted by molar-refractivity contribution is 0.102. The van der Waals surface area contributed by atoms with E-state index in [0.29, 0.717) is 11.4 Å². The maximum atomic E-state index is 12.7. The maximum absolute atomic E-state index is 12.7. The number of amides is 1. The highest BCUT2D eigenvalue weighted by Gasteiger charge is 2.14. The molecule has 2 heterocycles. The van der Waals surface area contributed by atoms with Gasteiger partial charge in [-0.2, -0.15) is 10.2 Å². The van der Waals surface area contributed by atoms with E-state index in [1.54, 1.807) is 21.8 Å². The SMILES string of the molecule is Cc1cc(NC(=O)c2cnn(-c3ccccc3)c2)n(-c2cccc(Br)c2)n1. The number of nitrogens with zero attached hydrogens (tertiary/aromatic N) is 4. The molecule has 2 aromatic heterocycles. The van der Waals surface area contributed by atoms with Crippen molar-refractivity contribution in [3.63, 3.8) is 0 Å². The number of benzene rings is 2. The van der Waals surface area contributed by atoms with Gasteiger partial charge in [0.25, 0.3) is 5.91 Å². The summed E-state index contributed by atoms with van der Waals surface area (Å²) in [6, 6.07) is 19.2. The molecule has 0 bridgehead atoms. The maximum Gasteiger partial charge on any atom is 0.260 e. The molecule has 0 radical (unpaired) electrons. The number of aryl methyl sites for hydroxylation is 1. The molecule has 0 aliphatic heterocycles. The molecular formula is C20H16BrN5O. The summed E-state index contributed by atoms with van der Waals surface area (Å²) in [5.74, 6) is 0.358. The summed E-state index contributed by atoms with van der Waals surface area (Å²) in [4.78, 5) is 12.7. The third kappa shape index (κ3) is 3.68. The van der Waals surface area contributed by atoms with Crippen LogP contribution < -0.4 is 5.32 Å². The number of aromatic nitrogens is 4. The molecule has 0 spiro atoms. The van der Waals surface area contributed by atoms with Crippen LogP contribution in [0.25, 0.3) is 11.4 Å². The first-order valence-electron chi connectivity index (χ1n) is 8.34. The highest BCUT2D eigenvalue weighted by Crippen LogP contribution is 2.21. The molecule has 0 aliphatic rings. The number of rotatable bonds is 4. The molecule has 7 heteroatoms. The third-order valence-corrected chi connectivity index (χ3v) is 4.48. The Labute approximate surface area is 164 Å². The van der Waals surface area contributed by atoms with Crippen molar-refractivity contribution in [2.24, 2.45) is 0 Å². The largest absolute Gasteiger partial charge is 0.306 e. The van der Waals surface area contributed by atoms with Crippen molar-refractivity contribution in [2.75, 3.05) is 5.32 Å². The number of para-hydroxylation sites is 1. The van der Waals surface area contributed by atoms with Crippen LogP contribution in [-0.2, 0) is 0 Å². The van der Waals surface area contributed by atoms with Crippen LogP contribution in [0.4, 0.5) is 5.82 Å². The monoisotopic (exact) mass is 421 g/mol.